The van der Waals surface area contributed by atoms with Gasteiger partial charge in [-0.05, 0) is 44.0 Å². The Morgan fingerprint density at radius 2 is 2.11 bits per heavy atom. The molecule has 1 fully saturated rings. The van der Waals surface area contributed by atoms with E-state index in [1.165, 1.54) is 25.9 Å². The van der Waals surface area contributed by atoms with E-state index in [0.717, 1.165) is 34.5 Å². The van der Waals surface area contributed by atoms with E-state index in [2.05, 4.69) is 16.8 Å². The number of hydrogen-bond donors (Lipinski definition) is 0. The van der Waals surface area contributed by atoms with Crippen LogP contribution in [0.4, 0.5) is 0 Å². The first-order valence-corrected chi connectivity index (χ1v) is 8.00. The second-order valence-corrected chi connectivity index (χ2v) is 6.37. The number of aromatic nitrogens is 1. The minimum absolute atomic E-state index is 0.798. The van der Waals surface area contributed by atoms with E-state index in [9.17, 15) is 0 Å². The van der Waals surface area contributed by atoms with Crippen LogP contribution in [-0.2, 0) is 0 Å². The molecule has 0 atom stereocenters. The van der Waals surface area contributed by atoms with Crippen LogP contribution in [0.2, 0.25) is 0 Å². The molecule has 0 saturated carbocycles. The second kappa shape index (κ2) is 5.97. The molecule has 0 radical (unpaired) electrons. The summed E-state index contributed by atoms with van der Waals surface area (Å²) in [7, 11) is 0. The summed E-state index contributed by atoms with van der Waals surface area (Å²) in [4.78, 5) is 7.04. The molecule has 2 aromatic rings. The Bertz CT molecular complexity index is 499. The molecule has 2 heterocycles. The van der Waals surface area contributed by atoms with Crippen molar-refractivity contribution in [3.63, 3.8) is 0 Å². The molecule has 1 saturated heterocycles. The Hall–Kier alpha value is -1.00. The number of rotatable bonds is 4. The molecule has 0 N–H and O–H groups in total. The van der Waals surface area contributed by atoms with Crippen molar-refractivity contribution >= 4 is 22.9 Å². The quantitative estimate of drug-likeness (QED) is 0.797. The predicted molar refractivity (Wildman–Crippen MR) is 79.6 cm³/mol. The SMILES string of the molecule is CC1CCN(CCSc2nc3ccccc3o2)CC1. The molecule has 0 spiro atoms. The van der Waals surface area contributed by atoms with Crippen LogP contribution in [0.25, 0.3) is 11.1 Å². The largest absolute Gasteiger partial charge is 0.431 e. The molecule has 1 aromatic heterocycles. The Kier molecular flexibility index (Phi) is 4.09. The van der Waals surface area contributed by atoms with Gasteiger partial charge < -0.3 is 9.32 Å². The molecule has 1 aliphatic rings. The van der Waals surface area contributed by atoms with E-state index in [1.54, 1.807) is 11.8 Å². The minimum atomic E-state index is 0.798. The van der Waals surface area contributed by atoms with Gasteiger partial charge in [-0.3, -0.25) is 0 Å². The van der Waals surface area contributed by atoms with E-state index in [-0.39, 0.29) is 0 Å². The summed E-state index contributed by atoms with van der Waals surface area (Å²) in [6.07, 6.45) is 2.68. The van der Waals surface area contributed by atoms with Crippen molar-refractivity contribution in [2.75, 3.05) is 25.4 Å². The Balaban J connectivity index is 1.49. The van der Waals surface area contributed by atoms with Gasteiger partial charge in [0.15, 0.2) is 5.58 Å². The zero-order chi connectivity index (χ0) is 13.1. The van der Waals surface area contributed by atoms with E-state index in [0.29, 0.717) is 0 Å². The predicted octanol–water partition coefficient (Wildman–Crippen LogP) is 3.65. The Morgan fingerprint density at radius 1 is 1.32 bits per heavy atom. The third kappa shape index (κ3) is 3.31. The zero-order valence-corrected chi connectivity index (χ0v) is 12.2. The van der Waals surface area contributed by atoms with E-state index in [4.69, 9.17) is 4.42 Å². The van der Waals surface area contributed by atoms with Gasteiger partial charge >= 0.3 is 0 Å². The first-order valence-electron chi connectivity index (χ1n) is 7.02. The normalized spacial score (nSPS) is 18.2. The molecule has 0 amide bonds. The number of piperidine rings is 1. The van der Waals surface area contributed by atoms with Crippen molar-refractivity contribution in [2.45, 2.75) is 25.0 Å². The monoisotopic (exact) mass is 276 g/mol. The smallest absolute Gasteiger partial charge is 0.256 e. The first kappa shape index (κ1) is 13.0. The lowest BCUT2D eigenvalue weighted by molar-refractivity contribution is 0.202. The van der Waals surface area contributed by atoms with Crippen LogP contribution in [0, 0.1) is 5.92 Å². The first-order chi connectivity index (χ1) is 9.31. The van der Waals surface area contributed by atoms with Crippen molar-refractivity contribution < 1.29 is 4.42 Å². The fourth-order valence-electron chi connectivity index (χ4n) is 2.46. The van der Waals surface area contributed by atoms with Gasteiger partial charge in [0.05, 0.1) is 0 Å². The van der Waals surface area contributed by atoms with Crippen molar-refractivity contribution in [1.29, 1.82) is 0 Å². The molecule has 1 aliphatic heterocycles. The van der Waals surface area contributed by atoms with Crippen LogP contribution in [0.15, 0.2) is 33.9 Å². The standard InChI is InChI=1S/C15H20N2OS/c1-12-6-8-17(9-7-12)10-11-19-15-16-13-4-2-3-5-14(13)18-15/h2-5,12H,6-11H2,1H3. The van der Waals surface area contributed by atoms with E-state index < -0.39 is 0 Å². The zero-order valence-electron chi connectivity index (χ0n) is 11.3. The third-order valence-corrected chi connectivity index (χ3v) is 4.59. The van der Waals surface area contributed by atoms with Crippen LogP contribution in [0.1, 0.15) is 19.8 Å². The highest BCUT2D eigenvalue weighted by atomic mass is 32.2. The van der Waals surface area contributed by atoms with Crippen molar-refractivity contribution in [1.82, 2.24) is 9.88 Å². The fourth-order valence-corrected chi connectivity index (χ4v) is 3.30. The summed E-state index contributed by atoms with van der Waals surface area (Å²) in [5.41, 5.74) is 1.84. The van der Waals surface area contributed by atoms with Crippen LogP contribution in [0.5, 0.6) is 0 Å². The maximum atomic E-state index is 5.71. The Morgan fingerprint density at radius 3 is 2.89 bits per heavy atom. The third-order valence-electron chi connectivity index (χ3n) is 3.78. The summed E-state index contributed by atoms with van der Waals surface area (Å²) in [6, 6.07) is 7.94. The van der Waals surface area contributed by atoms with Gasteiger partial charge in [-0.15, -0.1) is 0 Å². The average molecular weight is 276 g/mol. The summed E-state index contributed by atoms with van der Waals surface area (Å²) in [6.45, 7) is 5.98. The van der Waals surface area contributed by atoms with Gasteiger partial charge in [0, 0.05) is 12.3 Å². The molecule has 0 bridgehead atoms. The molecule has 3 rings (SSSR count). The second-order valence-electron chi connectivity index (χ2n) is 5.32. The fraction of sp³-hybridized carbons (Fsp3) is 0.533. The van der Waals surface area contributed by atoms with Gasteiger partial charge in [0.1, 0.15) is 5.52 Å². The molecule has 4 heteroatoms. The number of fused-ring (bicyclic) bond motifs is 1. The summed E-state index contributed by atoms with van der Waals surface area (Å²) < 4.78 is 5.71. The molecule has 3 nitrogen and oxygen atoms in total. The van der Waals surface area contributed by atoms with Gasteiger partial charge in [0.25, 0.3) is 5.22 Å². The van der Waals surface area contributed by atoms with Crippen LogP contribution in [0.3, 0.4) is 0 Å². The molecular weight excluding hydrogens is 256 g/mol. The van der Waals surface area contributed by atoms with Crippen LogP contribution < -0.4 is 0 Å². The highest BCUT2D eigenvalue weighted by Gasteiger charge is 2.15. The number of oxazole rings is 1. The number of likely N-dealkylation sites (tertiary alicyclic amines) is 1. The van der Waals surface area contributed by atoms with Gasteiger partial charge in [-0.1, -0.05) is 30.8 Å². The molecular formula is C15H20N2OS. The van der Waals surface area contributed by atoms with Crippen molar-refractivity contribution in [3.05, 3.63) is 24.3 Å². The highest BCUT2D eigenvalue weighted by molar-refractivity contribution is 7.99. The van der Waals surface area contributed by atoms with Crippen molar-refractivity contribution in [3.8, 4) is 0 Å². The molecule has 0 aliphatic carbocycles. The number of thioether (sulfide) groups is 1. The molecule has 19 heavy (non-hydrogen) atoms. The molecule has 0 unspecified atom stereocenters. The summed E-state index contributed by atoms with van der Waals surface area (Å²) >= 11 is 1.72. The minimum Gasteiger partial charge on any atom is -0.431 e. The number of para-hydroxylation sites is 2. The number of nitrogens with zero attached hydrogens (tertiary/aromatic N) is 2. The number of hydrogen-bond acceptors (Lipinski definition) is 4. The summed E-state index contributed by atoms with van der Waals surface area (Å²) in [5, 5.41) is 0.798. The number of benzene rings is 1. The van der Waals surface area contributed by atoms with Crippen LogP contribution >= 0.6 is 11.8 Å². The lowest BCUT2D eigenvalue weighted by Gasteiger charge is -2.29. The van der Waals surface area contributed by atoms with E-state index in [1.807, 2.05) is 24.3 Å². The average Bonchev–Trinajstić information content (AvgIpc) is 2.83. The van der Waals surface area contributed by atoms with Gasteiger partial charge in [-0.25, -0.2) is 4.98 Å². The topological polar surface area (TPSA) is 29.3 Å². The highest BCUT2D eigenvalue weighted by Crippen LogP contribution is 2.23. The Labute approximate surface area is 118 Å². The maximum absolute atomic E-state index is 5.71. The maximum Gasteiger partial charge on any atom is 0.256 e. The van der Waals surface area contributed by atoms with Gasteiger partial charge in [0.2, 0.25) is 0 Å². The van der Waals surface area contributed by atoms with Crippen LogP contribution in [-0.4, -0.2) is 35.3 Å². The summed E-state index contributed by atoms with van der Waals surface area (Å²) in [5.74, 6) is 1.96. The van der Waals surface area contributed by atoms with E-state index >= 15 is 0 Å². The lowest BCUT2D eigenvalue weighted by atomic mass is 9.99. The van der Waals surface area contributed by atoms with Crippen molar-refractivity contribution in [2.24, 2.45) is 5.92 Å². The lowest BCUT2D eigenvalue weighted by Crippen LogP contribution is -2.34. The van der Waals surface area contributed by atoms with Gasteiger partial charge in [-0.2, -0.15) is 0 Å². The molecule has 102 valence electrons. The molecule has 1 aromatic carbocycles.